The molecule has 0 amide bonds. The van der Waals surface area contributed by atoms with Crippen molar-refractivity contribution in [2.45, 2.75) is 110 Å². The van der Waals surface area contributed by atoms with Crippen molar-refractivity contribution < 1.29 is 13.9 Å². The van der Waals surface area contributed by atoms with Gasteiger partial charge in [0.25, 0.3) is 0 Å². The van der Waals surface area contributed by atoms with Crippen LogP contribution in [0.3, 0.4) is 0 Å². The average molecular weight is 380 g/mol. The van der Waals surface area contributed by atoms with Crippen molar-refractivity contribution in [3.8, 4) is 5.75 Å². The number of halogens is 1. The Morgan fingerprint density at radius 2 is 1.33 bits per heavy atom. The van der Waals surface area contributed by atoms with E-state index in [9.17, 15) is 9.18 Å². The molecule has 0 aliphatic rings. The minimum absolute atomic E-state index is 0.0315. The normalized spacial score (nSPS) is 10.9. The summed E-state index contributed by atoms with van der Waals surface area (Å²) in [6, 6.07) is 1.37. The van der Waals surface area contributed by atoms with E-state index in [0.29, 0.717) is 6.42 Å². The lowest BCUT2D eigenvalue weighted by Crippen LogP contribution is -2.08. The molecule has 1 rings (SSSR count). The first-order valence-corrected chi connectivity index (χ1v) is 11.0. The Labute approximate surface area is 165 Å². The Hall–Kier alpha value is -1.45. The summed E-state index contributed by atoms with van der Waals surface area (Å²) in [4.78, 5) is 15.3. The second-order valence-corrected chi connectivity index (χ2v) is 7.48. The number of ether oxygens (including phenoxy) is 1. The van der Waals surface area contributed by atoms with Crippen LogP contribution in [0.2, 0.25) is 0 Å². The molecule has 0 aromatic carbocycles. The van der Waals surface area contributed by atoms with Crippen LogP contribution in [0.1, 0.15) is 110 Å². The van der Waals surface area contributed by atoms with Crippen molar-refractivity contribution in [3.63, 3.8) is 0 Å². The summed E-state index contributed by atoms with van der Waals surface area (Å²) in [5.74, 6) is -0.993. The van der Waals surface area contributed by atoms with Crippen LogP contribution in [0, 0.1) is 5.82 Å². The molecule has 0 aliphatic carbocycles. The minimum atomic E-state index is -0.595. The van der Waals surface area contributed by atoms with Crippen molar-refractivity contribution in [2.75, 3.05) is 0 Å². The summed E-state index contributed by atoms with van der Waals surface area (Å²) in [5, 5.41) is 0. The Balaban J connectivity index is 1.82. The van der Waals surface area contributed by atoms with Crippen molar-refractivity contribution in [1.82, 2.24) is 4.98 Å². The highest BCUT2D eigenvalue weighted by atomic mass is 19.1. The fraction of sp³-hybridized carbons (Fsp3) is 0.739. The van der Waals surface area contributed by atoms with Crippen LogP contribution in [0.5, 0.6) is 5.75 Å². The van der Waals surface area contributed by atoms with E-state index in [0.717, 1.165) is 25.5 Å². The van der Waals surface area contributed by atoms with Gasteiger partial charge in [0.2, 0.25) is 0 Å². The first kappa shape index (κ1) is 23.6. The lowest BCUT2D eigenvalue weighted by atomic mass is 10.0. The number of hydrogen-bond donors (Lipinski definition) is 0. The standard InChI is InChI=1S/C23H38FNO2/c1-2-3-4-5-6-7-8-9-10-11-12-13-14-15-16-17-23(26)27-22-18-19-25-20-21(22)24/h18-20H,2-17H2,1H3. The van der Waals surface area contributed by atoms with Crippen LogP contribution in [0.25, 0.3) is 0 Å². The quantitative estimate of drug-likeness (QED) is 0.209. The summed E-state index contributed by atoms with van der Waals surface area (Å²) in [6.07, 6.45) is 22.2. The highest BCUT2D eigenvalue weighted by Gasteiger charge is 2.08. The van der Waals surface area contributed by atoms with Crippen molar-refractivity contribution in [1.29, 1.82) is 0 Å². The molecule has 0 saturated carbocycles. The third-order valence-electron chi connectivity index (χ3n) is 4.94. The van der Waals surface area contributed by atoms with Crippen LogP contribution in [-0.4, -0.2) is 11.0 Å². The molecule has 0 atom stereocenters. The van der Waals surface area contributed by atoms with Crippen LogP contribution in [-0.2, 0) is 4.79 Å². The van der Waals surface area contributed by atoms with E-state index in [4.69, 9.17) is 4.74 Å². The predicted octanol–water partition coefficient (Wildman–Crippen LogP) is 7.39. The molecule has 1 heterocycles. The van der Waals surface area contributed by atoms with Gasteiger partial charge in [0.05, 0.1) is 6.20 Å². The number of hydrogen-bond acceptors (Lipinski definition) is 3. The van der Waals surface area contributed by atoms with E-state index >= 15 is 0 Å². The molecule has 0 radical (unpaired) electrons. The minimum Gasteiger partial charge on any atom is -0.423 e. The fourth-order valence-electron chi connectivity index (χ4n) is 3.26. The molecular formula is C23H38FNO2. The van der Waals surface area contributed by atoms with E-state index in [1.54, 1.807) is 0 Å². The smallest absolute Gasteiger partial charge is 0.311 e. The van der Waals surface area contributed by atoms with Crippen LogP contribution in [0.15, 0.2) is 18.5 Å². The Kier molecular flexibility index (Phi) is 14.6. The fourth-order valence-corrected chi connectivity index (χ4v) is 3.26. The van der Waals surface area contributed by atoms with Gasteiger partial charge in [-0.05, 0) is 6.42 Å². The van der Waals surface area contributed by atoms with Gasteiger partial charge >= 0.3 is 5.97 Å². The lowest BCUT2D eigenvalue weighted by molar-refractivity contribution is -0.134. The van der Waals surface area contributed by atoms with Gasteiger partial charge in [-0.2, -0.15) is 0 Å². The molecule has 1 aromatic heterocycles. The van der Waals surface area contributed by atoms with Crippen molar-refractivity contribution >= 4 is 5.97 Å². The molecule has 3 nitrogen and oxygen atoms in total. The molecule has 0 unspecified atom stereocenters. The average Bonchev–Trinajstić information content (AvgIpc) is 2.66. The number of esters is 1. The van der Waals surface area contributed by atoms with Gasteiger partial charge in [-0.1, -0.05) is 96.8 Å². The Morgan fingerprint density at radius 1 is 0.852 bits per heavy atom. The zero-order valence-corrected chi connectivity index (χ0v) is 17.2. The van der Waals surface area contributed by atoms with Gasteiger partial charge in [0, 0.05) is 18.7 Å². The first-order valence-electron chi connectivity index (χ1n) is 11.0. The first-order chi connectivity index (χ1) is 13.2. The van der Waals surface area contributed by atoms with E-state index in [1.165, 1.54) is 89.3 Å². The molecule has 1 aromatic rings. The second kappa shape index (κ2) is 16.7. The third kappa shape index (κ3) is 13.4. The van der Waals surface area contributed by atoms with E-state index in [1.807, 2.05) is 0 Å². The molecule has 0 saturated heterocycles. The van der Waals surface area contributed by atoms with Crippen LogP contribution < -0.4 is 4.74 Å². The molecular weight excluding hydrogens is 341 g/mol. The zero-order chi connectivity index (χ0) is 19.6. The molecule has 27 heavy (non-hydrogen) atoms. The molecule has 0 N–H and O–H groups in total. The van der Waals surface area contributed by atoms with E-state index in [-0.39, 0.29) is 11.7 Å². The van der Waals surface area contributed by atoms with Gasteiger partial charge in [-0.15, -0.1) is 0 Å². The number of rotatable bonds is 17. The topological polar surface area (TPSA) is 39.2 Å². The van der Waals surface area contributed by atoms with Gasteiger partial charge in [-0.25, -0.2) is 4.39 Å². The van der Waals surface area contributed by atoms with Crippen LogP contribution >= 0.6 is 0 Å². The summed E-state index contributed by atoms with van der Waals surface area (Å²) in [7, 11) is 0. The van der Waals surface area contributed by atoms with Crippen molar-refractivity contribution in [3.05, 3.63) is 24.3 Å². The maximum atomic E-state index is 13.3. The lowest BCUT2D eigenvalue weighted by Gasteiger charge is -2.05. The third-order valence-corrected chi connectivity index (χ3v) is 4.94. The maximum absolute atomic E-state index is 13.3. The highest BCUT2D eigenvalue weighted by molar-refractivity contribution is 5.72. The van der Waals surface area contributed by atoms with Crippen LogP contribution in [0.4, 0.5) is 4.39 Å². The number of aromatic nitrogens is 1. The van der Waals surface area contributed by atoms with Gasteiger partial charge in [0.15, 0.2) is 11.6 Å². The summed E-state index contributed by atoms with van der Waals surface area (Å²) in [6.45, 7) is 2.26. The zero-order valence-electron chi connectivity index (χ0n) is 17.2. The number of pyridine rings is 1. The monoisotopic (exact) mass is 379 g/mol. The van der Waals surface area contributed by atoms with E-state index in [2.05, 4.69) is 11.9 Å². The summed E-state index contributed by atoms with van der Waals surface area (Å²) < 4.78 is 18.3. The molecule has 4 heteroatoms. The second-order valence-electron chi connectivity index (χ2n) is 7.48. The highest BCUT2D eigenvalue weighted by Crippen LogP contribution is 2.16. The van der Waals surface area contributed by atoms with Gasteiger partial charge < -0.3 is 4.74 Å². The molecule has 0 aliphatic heterocycles. The summed E-state index contributed by atoms with van der Waals surface area (Å²) >= 11 is 0. The number of unbranched alkanes of at least 4 members (excludes halogenated alkanes) is 14. The molecule has 0 spiro atoms. The predicted molar refractivity (Wildman–Crippen MR) is 109 cm³/mol. The Morgan fingerprint density at radius 3 is 1.81 bits per heavy atom. The molecule has 0 fully saturated rings. The molecule has 154 valence electrons. The van der Waals surface area contributed by atoms with Gasteiger partial charge in [-0.3, -0.25) is 9.78 Å². The summed E-state index contributed by atoms with van der Waals surface area (Å²) in [5.41, 5.74) is 0. The maximum Gasteiger partial charge on any atom is 0.311 e. The SMILES string of the molecule is CCCCCCCCCCCCCCCCCC(=O)Oc1ccncc1F. The van der Waals surface area contributed by atoms with Crippen molar-refractivity contribution in [2.24, 2.45) is 0 Å². The Bertz CT molecular complexity index is 493. The largest absolute Gasteiger partial charge is 0.423 e. The number of nitrogens with zero attached hydrogens (tertiary/aromatic N) is 1. The number of carbonyl (C=O) groups excluding carboxylic acids is 1. The van der Waals surface area contributed by atoms with Gasteiger partial charge in [0.1, 0.15) is 0 Å². The molecule has 0 bridgehead atoms. The number of carbonyl (C=O) groups is 1. The van der Waals surface area contributed by atoms with E-state index < -0.39 is 5.82 Å².